The highest BCUT2D eigenvalue weighted by molar-refractivity contribution is 7.24. The van der Waals surface area contributed by atoms with Crippen LogP contribution in [0, 0.1) is 49.2 Å². The van der Waals surface area contributed by atoms with Gasteiger partial charge >= 0.3 is 35.8 Å². The van der Waals surface area contributed by atoms with Crippen molar-refractivity contribution in [2.75, 3.05) is 26.4 Å². The minimum atomic E-state index is -0.547. The van der Waals surface area contributed by atoms with Crippen molar-refractivity contribution in [2.45, 2.75) is 142 Å². The maximum atomic E-state index is 14.6. The summed E-state index contributed by atoms with van der Waals surface area (Å²) in [6, 6.07) is 26.7. The maximum Gasteiger partial charge on any atom is 0.330 e. The molecule has 5 aromatic carbocycles. The van der Waals surface area contributed by atoms with E-state index in [1.165, 1.54) is 59.1 Å². The van der Waals surface area contributed by atoms with Gasteiger partial charge in [0.2, 0.25) is 0 Å². The summed E-state index contributed by atoms with van der Waals surface area (Å²) in [5.74, 6) is -2.58. The molecule has 2 saturated carbocycles. The second kappa shape index (κ2) is 33.9. The van der Waals surface area contributed by atoms with Gasteiger partial charge in [-0.15, -0.1) is 22.7 Å². The molecule has 0 bridgehead atoms. The normalized spacial score (nSPS) is 16.3. The zero-order chi connectivity index (χ0) is 64.9. The van der Waals surface area contributed by atoms with Crippen LogP contribution in [-0.2, 0) is 38.2 Å². The molecule has 0 unspecified atom stereocenters. The third-order valence-corrected chi connectivity index (χ3v) is 19.3. The van der Waals surface area contributed by atoms with Gasteiger partial charge in [0.05, 0.1) is 59.5 Å². The number of aryl methyl sites for hydroxylation is 2. The zero-order valence-electron chi connectivity index (χ0n) is 52.4. The first-order chi connectivity index (χ1) is 44.6. The van der Waals surface area contributed by atoms with Crippen molar-refractivity contribution in [3.63, 3.8) is 0 Å². The summed E-state index contributed by atoms with van der Waals surface area (Å²) in [4.78, 5) is 80.0. The average molecular weight is 1300 g/mol. The van der Waals surface area contributed by atoms with Crippen molar-refractivity contribution >= 4 is 78.7 Å². The van der Waals surface area contributed by atoms with E-state index in [0.29, 0.717) is 132 Å². The molecule has 14 nitrogen and oxygen atoms in total. The number of thiophene rings is 2. The van der Waals surface area contributed by atoms with Gasteiger partial charge in [-0.2, -0.15) is 0 Å². The Labute approximate surface area is 544 Å². The molecule has 2 fully saturated rings. The lowest BCUT2D eigenvalue weighted by atomic mass is 9.82. The van der Waals surface area contributed by atoms with Gasteiger partial charge in [0, 0.05) is 32.7 Å². The molecule has 0 saturated heterocycles. The molecular weight excluding hydrogens is 1210 g/mol. The Morgan fingerprint density at radius 1 is 0.413 bits per heavy atom. The van der Waals surface area contributed by atoms with Gasteiger partial charge < -0.3 is 37.9 Å². The number of carbonyl (C=O) groups is 6. The Bertz CT molecular complexity index is 3410. The molecule has 7 aromatic rings. The van der Waals surface area contributed by atoms with Gasteiger partial charge in [0.25, 0.3) is 0 Å². The van der Waals surface area contributed by atoms with Crippen molar-refractivity contribution in [1.82, 2.24) is 0 Å². The van der Waals surface area contributed by atoms with Crippen LogP contribution in [0.1, 0.15) is 140 Å². The Balaban J connectivity index is 0.828. The number of benzene rings is 5. The second-order valence-electron chi connectivity index (χ2n) is 23.7. The molecule has 92 heavy (non-hydrogen) atoms. The van der Waals surface area contributed by atoms with Crippen LogP contribution in [0.4, 0.5) is 8.78 Å². The van der Waals surface area contributed by atoms with Crippen LogP contribution in [0.5, 0.6) is 34.5 Å². The Morgan fingerprint density at radius 2 is 0.717 bits per heavy atom. The lowest BCUT2D eigenvalue weighted by Gasteiger charge is -2.26. The van der Waals surface area contributed by atoms with Crippen molar-refractivity contribution < 1.29 is 75.4 Å². The van der Waals surface area contributed by atoms with E-state index in [0.717, 1.165) is 97.9 Å². The molecule has 0 N–H and O–H groups in total. The predicted octanol–water partition coefficient (Wildman–Crippen LogP) is 17.9. The summed E-state index contributed by atoms with van der Waals surface area (Å²) in [5, 5.41) is 1.03. The van der Waals surface area contributed by atoms with Gasteiger partial charge in [-0.1, -0.05) is 76.7 Å². The molecule has 18 heteroatoms. The standard InChI is InChI=1S/C74H80F2O14S2/c1-5-65(77)85-41-17-13-9-7-11-15-39-83-55-29-33-57(34-30-55)87-71(79)49-19-23-51(24-20-49)73(81)89-67-61-45-63(59-37-27-53(75)43-47(59)3)92-70(61)68(62-46-64(91-69(62)67)60-38-28-54(76)44-48(60)4)90-74(82)52-25-21-50(22-26-52)72(80)88-58-35-31-56(32-36-58)84-40-16-12-8-10-14-18-42-86-66(78)6-2/h5-6,27-38,43-46,49-52H,1-2,7-26,39-42H2,3-4H3. The highest BCUT2D eigenvalue weighted by Crippen LogP contribution is 2.54. The minimum Gasteiger partial charge on any atom is -0.494 e. The van der Waals surface area contributed by atoms with Crippen LogP contribution >= 0.6 is 22.7 Å². The molecule has 9 rings (SSSR count). The Morgan fingerprint density at radius 3 is 1.04 bits per heavy atom. The maximum absolute atomic E-state index is 14.6. The van der Waals surface area contributed by atoms with Crippen LogP contribution < -0.4 is 28.4 Å². The third-order valence-electron chi connectivity index (χ3n) is 17.0. The average Bonchev–Trinajstić information content (AvgIpc) is 1.57. The van der Waals surface area contributed by atoms with Crippen LogP contribution in [0.25, 0.3) is 41.1 Å². The number of hydrogen-bond acceptors (Lipinski definition) is 16. The number of ether oxygens (including phenoxy) is 8. The molecule has 2 aliphatic carbocycles. The van der Waals surface area contributed by atoms with Crippen molar-refractivity contribution in [3.05, 3.63) is 145 Å². The fraction of sp³-hybridized carbons (Fsp3) is 0.405. The topological polar surface area (TPSA) is 176 Å². The number of unbranched alkanes of at least 4 members (excludes halogenated alkanes) is 10. The van der Waals surface area contributed by atoms with Crippen molar-refractivity contribution in [3.8, 4) is 55.4 Å². The smallest absolute Gasteiger partial charge is 0.330 e. The molecule has 0 atom stereocenters. The van der Waals surface area contributed by atoms with Crippen LogP contribution in [0.3, 0.4) is 0 Å². The first-order valence-corrected chi connectivity index (χ1v) is 33.7. The fourth-order valence-electron chi connectivity index (χ4n) is 11.7. The molecule has 0 amide bonds. The van der Waals surface area contributed by atoms with E-state index in [4.69, 9.17) is 37.9 Å². The lowest BCUT2D eigenvalue weighted by Crippen LogP contribution is -2.30. The summed E-state index contributed by atoms with van der Waals surface area (Å²) in [6.45, 7) is 12.3. The summed E-state index contributed by atoms with van der Waals surface area (Å²) in [7, 11) is 0. The number of fused-ring (bicyclic) bond motifs is 2. The van der Waals surface area contributed by atoms with E-state index in [1.807, 2.05) is 26.0 Å². The first kappa shape index (κ1) is 68.2. The van der Waals surface area contributed by atoms with E-state index >= 15 is 0 Å². The zero-order valence-corrected chi connectivity index (χ0v) is 54.0. The van der Waals surface area contributed by atoms with Crippen molar-refractivity contribution in [1.29, 1.82) is 0 Å². The quantitative estimate of drug-likeness (QED) is 0.0168. The van der Waals surface area contributed by atoms with Gasteiger partial charge in [-0.3, -0.25) is 19.2 Å². The summed E-state index contributed by atoms with van der Waals surface area (Å²) in [6.07, 6.45) is 17.1. The summed E-state index contributed by atoms with van der Waals surface area (Å²) >= 11 is 2.66. The number of hydrogen-bond donors (Lipinski definition) is 0. The third kappa shape index (κ3) is 19.0. The SMILES string of the molecule is C=CC(=O)OCCCCCCCCOc1ccc(OC(=O)C2CCC(C(=O)Oc3c4cc(-c5ccc(F)cc5C)sc4c(OC(=O)C4CCC(C(=O)Oc5ccc(OCCCCCCCCOC(=O)C=C)cc5)CC4)c4cc(-c5ccc(F)cc5C)sc34)CC2)cc1. The van der Waals surface area contributed by atoms with E-state index in [2.05, 4.69) is 13.2 Å². The molecule has 2 aromatic heterocycles. The molecule has 2 heterocycles. The highest BCUT2D eigenvalue weighted by atomic mass is 32.1. The Hall–Kier alpha value is -8.22. The first-order valence-electron chi connectivity index (χ1n) is 32.1. The fourth-order valence-corrected chi connectivity index (χ4v) is 14.2. The largest absolute Gasteiger partial charge is 0.494 e. The number of carbonyl (C=O) groups excluding carboxylic acids is 6. The van der Waals surface area contributed by atoms with Gasteiger partial charge in [-0.05, 0) is 198 Å². The highest BCUT2D eigenvalue weighted by Gasteiger charge is 2.36. The summed E-state index contributed by atoms with van der Waals surface area (Å²) in [5.41, 5.74) is 2.84. The number of rotatable bonds is 32. The van der Waals surface area contributed by atoms with Crippen molar-refractivity contribution in [2.24, 2.45) is 23.7 Å². The molecule has 0 spiro atoms. The molecule has 0 aliphatic heterocycles. The molecule has 0 radical (unpaired) electrons. The van der Waals surface area contributed by atoms with E-state index in [9.17, 15) is 37.5 Å². The molecule has 486 valence electrons. The van der Waals surface area contributed by atoms with E-state index < -0.39 is 59.2 Å². The van der Waals surface area contributed by atoms with Gasteiger partial charge in [0.1, 0.15) is 34.6 Å². The van der Waals surface area contributed by atoms with Gasteiger partial charge in [-0.25, -0.2) is 18.4 Å². The lowest BCUT2D eigenvalue weighted by molar-refractivity contribution is -0.145. The predicted molar refractivity (Wildman–Crippen MR) is 352 cm³/mol. The van der Waals surface area contributed by atoms with Crippen LogP contribution in [0.2, 0.25) is 0 Å². The van der Waals surface area contributed by atoms with Crippen LogP contribution in [-0.4, -0.2) is 62.2 Å². The number of halogens is 2. The van der Waals surface area contributed by atoms with Crippen LogP contribution in [0.15, 0.2) is 122 Å². The van der Waals surface area contributed by atoms with E-state index in [1.54, 1.807) is 60.7 Å². The number of esters is 6. The van der Waals surface area contributed by atoms with E-state index in [-0.39, 0.29) is 23.4 Å². The monoisotopic (exact) mass is 1290 g/mol. The summed E-state index contributed by atoms with van der Waals surface area (Å²) < 4.78 is 76.9. The second-order valence-corrected chi connectivity index (χ2v) is 25.8. The Kier molecular flexibility index (Phi) is 25.1. The molecule has 2 aliphatic rings. The van der Waals surface area contributed by atoms with Gasteiger partial charge in [0.15, 0.2) is 11.5 Å². The molecular formula is C74H80F2O14S2. The minimum absolute atomic E-state index is 0.271.